The number of carbonyl (C=O) groups excluding carboxylic acids is 5. The molecule has 3 rings (SSSR count). The summed E-state index contributed by atoms with van der Waals surface area (Å²) in [4.78, 5) is 66.2. The number of nitrogens with two attached hydrogens (primary N) is 2. The first kappa shape index (κ1) is 35.6. The van der Waals surface area contributed by atoms with Crippen LogP contribution in [-0.2, 0) is 36.8 Å². The standard InChI is InChI=1S/C33H39N5O7S/c1-45-33(44)23-9-6-10-24(19-23)38(28(30(35)41)18-21-7-4-3-5-8-21)29(40)20-36-32(43)27(15-16-46-2)37-31(42)26(34)17-22-11-13-25(39)14-12-22/h3-14,19,26-28,39H,15-18,20,34H2,1-2H3,(H2,35,41)(H,36,43)(H,37,42)/t26-,27+,28-/m0/s1. The third-order valence-electron chi connectivity index (χ3n) is 7.11. The van der Waals surface area contributed by atoms with Crippen molar-refractivity contribution in [3.05, 3.63) is 95.6 Å². The minimum Gasteiger partial charge on any atom is -0.508 e. The van der Waals surface area contributed by atoms with Crippen LogP contribution in [0.4, 0.5) is 5.69 Å². The van der Waals surface area contributed by atoms with Gasteiger partial charge in [-0.3, -0.25) is 24.1 Å². The van der Waals surface area contributed by atoms with Crippen LogP contribution in [-0.4, -0.2) is 78.5 Å². The SMILES string of the molecule is COC(=O)c1cccc(N(C(=O)CNC(=O)[C@@H](CCSC)NC(=O)[C@@H](N)Cc2ccc(O)cc2)[C@@H](Cc2ccccc2)C(N)=O)c1. The van der Waals surface area contributed by atoms with Crippen molar-refractivity contribution in [2.45, 2.75) is 37.4 Å². The molecule has 12 nitrogen and oxygen atoms in total. The molecule has 0 saturated heterocycles. The summed E-state index contributed by atoms with van der Waals surface area (Å²) >= 11 is 1.48. The molecule has 0 aliphatic carbocycles. The molecule has 0 bridgehead atoms. The van der Waals surface area contributed by atoms with Crippen molar-refractivity contribution in [1.82, 2.24) is 10.6 Å². The number of thioether (sulfide) groups is 1. The topological polar surface area (TPSA) is 194 Å². The van der Waals surface area contributed by atoms with Crippen LogP contribution in [0.2, 0.25) is 0 Å². The summed E-state index contributed by atoms with van der Waals surface area (Å²) in [7, 11) is 1.22. The Hall–Kier alpha value is -4.88. The molecule has 3 aromatic rings. The molecule has 244 valence electrons. The van der Waals surface area contributed by atoms with Crippen LogP contribution in [0.1, 0.15) is 27.9 Å². The number of rotatable bonds is 16. The fourth-order valence-electron chi connectivity index (χ4n) is 4.69. The number of ether oxygens (including phenoxy) is 1. The maximum Gasteiger partial charge on any atom is 0.337 e. The molecule has 3 atom stereocenters. The van der Waals surface area contributed by atoms with E-state index in [1.54, 1.807) is 42.5 Å². The molecule has 0 spiro atoms. The number of benzene rings is 3. The van der Waals surface area contributed by atoms with Crippen LogP contribution in [0, 0.1) is 0 Å². The highest BCUT2D eigenvalue weighted by Gasteiger charge is 2.32. The summed E-state index contributed by atoms with van der Waals surface area (Å²) in [6.45, 7) is -0.537. The molecule has 0 fully saturated rings. The summed E-state index contributed by atoms with van der Waals surface area (Å²) in [5.74, 6) is -2.66. The number of carbonyl (C=O) groups is 5. The number of hydrogen-bond acceptors (Lipinski definition) is 9. The minimum absolute atomic E-state index is 0.0731. The van der Waals surface area contributed by atoms with E-state index >= 15 is 0 Å². The summed E-state index contributed by atoms with van der Waals surface area (Å²) < 4.78 is 4.81. The molecule has 0 aliphatic rings. The van der Waals surface area contributed by atoms with Gasteiger partial charge in [0.15, 0.2) is 0 Å². The largest absolute Gasteiger partial charge is 0.508 e. The number of methoxy groups -OCH3 is 1. The zero-order valence-electron chi connectivity index (χ0n) is 25.7. The summed E-state index contributed by atoms with van der Waals surface area (Å²) in [5, 5.41) is 14.8. The van der Waals surface area contributed by atoms with Gasteiger partial charge in [-0.25, -0.2) is 4.79 Å². The third-order valence-corrected chi connectivity index (χ3v) is 7.76. The van der Waals surface area contributed by atoms with Gasteiger partial charge in [0.25, 0.3) is 0 Å². The number of amides is 4. The molecule has 13 heteroatoms. The van der Waals surface area contributed by atoms with Gasteiger partial charge in [-0.15, -0.1) is 0 Å². The second-order valence-electron chi connectivity index (χ2n) is 10.5. The first-order valence-electron chi connectivity index (χ1n) is 14.5. The molecular weight excluding hydrogens is 610 g/mol. The molecule has 0 aliphatic heterocycles. The van der Waals surface area contributed by atoms with Crippen LogP contribution >= 0.6 is 11.8 Å². The summed E-state index contributed by atoms with van der Waals surface area (Å²) in [6.07, 6.45) is 2.37. The molecule has 3 aromatic carbocycles. The zero-order valence-corrected chi connectivity index (χ0v) is 26.5. The lowest BCUT2D eigenvalue weighted by Crippen LogP contribution is -2.55. The maximum absolute atomic E-state index is 13.8. The number of hydrogen-bond donors (Lipinski definition) is 5. The van der Waals surface area contributed by atoms with Gasteiger partial charge in [0.1, 0.15) is 17.8 Å². The number of phenols is 1. The quantitative estimate of drug-likeness (QED) is 0.143. The molecule has 46 heavy (non-hydrogen) atoms. The zero-order chi connectivity index (χ0) is 33.6. The van der Waals surface area contributed by atoms with Crippen LogP contribution < -0.4 is 27.0 Å². The van der Waals surface area contributed by atoms with Crippen LogP contribution in [0.25, 0.3) is 0 Å². The Morgan fingerprint density at radius 3 is 2.22 bits per heavy atom. The van der Waals surface area contributed by atoms with E-state index in [1.807, 2.05) is 12.3 Å². The maximum atomic E-state index is 13.8. The molecule has 0 radical (unpaired) electrons. The fraction of sp³-hybridized carbons (Fsp3) is 0.303. The second kappa shape index (κ2) is 17.6. The van der Waals surface area contributed by atoms with E-state index in [4.69, 9.17) is 16.2 Å². The van der Waals surface area contributed by atoms with Crippen molar-refractivity contribution in [1.29, 1.82) is 0 Å². The normalized spacial score (nSPS) is 12.7. The first-order chi connectivity index (χ1) is 22.0. The Labute approximate surface area is 271 Å². The van der Waals surface area contributed by atoms with Gasteiger partial charge in [0.05, 0.1) is 25.3 Å². The lowest BCUT2D eigenvalue weighted by Gasteiger charge is -2.31. The number of nitrogens with one attached hydrogen (secondary N) is 2. The second-order valence-corrected chi connectivity index (χ2v) is 11.4. The van der Waals surface area contributed by atoms with E-state index in [-0.39, 0.29) is 36.3 Å². The summed E-state index contributed by atoms with van der Waals surface area (Å²) in [6, 6.07) is 18.1. The third kappa shape index (κ3) is 10.3. The molecule has 0 heterocycles. The van der Waals surface area contributed by atoms with Crippen molar-refractivity contribution >= 4 is 47.0 Å². The van der Waals surface area contributed by atoms with Gasteiger partial charge in [0, 0.05) is 12.1 Å². The Balaban J connectivity index is 1.80. The number of nitrogens with zero attached hydrogens (tertiary/aromatic N) is 1. The van der Waals surface area contributed by atoms with Gasteiger partial charge in [-0.05, 0) is 66.3 Å². The van der Waals surface area contributed by atoms with Gasteiger partial charge >= 0.3 is 5.97 Å². The molecule has 0 unspecified atom stereocenters. The monoisotopic (exact) mass is 649 g/mol. The Kier molecular flexibility index (Phi) is 13.6. The predicted molar refractivity (Wildman–Crippen MR) is 176 cm³/mol. The van der Waals surface area contributed by atoms with Gasteiger partial charge in [-0.2, -0.15) is 11.8 Å². The van der Waals surface area contributed by atoms with E-state index in [9.17, 15) is 29.1 Å². The minimum atomic E-state index is -1.16. The average molecular weight is 650 g/mol. The van der Waals surface area contributed by atoms with Gasteiger partial charge < -0.3 is 31.9 Å². The van der Waals surface area contributed by atoms with Gasteiger partial charge in [0.2, 0.25) is 23.6 Å². The van der Waals surface area contributed by atoms with Crippen molar-refractivity contribution < 1.29 is 33.8 Å². The van der Waals surface area contributed by atoms with Gasteiger partial charge in [-0.1, -0.05) is 48.5 Å². The highest BCUT2D eigenvalue weighted by atomic mass is 32.2. The lowest BCUT2D eigenvalue weighted by molar-refractivity contribution is -0.130. The highest BCUT2D eigenvalue weighted by molar-refractivity contribution is 7.98. The molecular formula is C33H39N5O7S. The lowest BCUT2D eigenvalue weighted by atomic mass is 10.0. The van der Waals surface area contributed by atoms with Crippen molar-refractivity contribution in [2.75, 3.05) is 30.6 Å². The van der Waals surface area contributed by atoms with E-state index in [0.29, 0.717) is 5.75 Å². The Morgan fingerprint density at radius 1 is 0.913 bits per heavy atom. The van der Waals surface area contributed by atoms with E-state index in [1.165, 1.54) is 49.2 Å². The van der Waals surface area contributed by atoms with Crippen LogP contribution in [0.3, 0.4) is 0 Å². The fourth-order valence-corrected chi connectivity index (χ4v) is 5.16. The van der Waals surface area contributed by atoms with E-state index < -0.39 is 54.3 Å². The Morgan fingerprint density at radius 2 is 1.59 bits per heavy atom. The van der Waals surface area contributed by atoms with Crippen LogP contribution in [0.15, 0.2) is 78.9 Å². The average Bonchev–Trinajstić information content (AvgIpc) is 3.06. The van der Waals surface area contributed by atoms with Crippen LogP contribution in [0.5, 0.6) is 5.75 Å². The first-order valence-corrected chi connectivity index (χ1v) is 15.9. The van der Waals surface area contributed by atoms with Crippen molar-refractivity contribution in [3.63, 3.8) is 0 Å². The Bertz CT molecular complexity index is 1500. The molecule has 0 saturated carbocycles. The predicted octanol–water partition coefficient (Wildman–Crippen LogP) is 1.53. The summed E-state index contributed by atoms with van der Waals surface area (Å²) in [5.41, 5.74) is 13.7. The van der Waals surface area contributed by atoms with Crippen molar-refractivity contribution in [2.24, 2.45) is 11.5 Å². The number of aromatic hydroxyl groups is 1. The molecule has 7 N–H and O–H groups in total. The number of esters is 1. The molecule has 0 aromatic heterocycles. The highest BCUT2D eigenvalue weighted by Crippen LogP contribution is 2.22. The molecule has 4 amide bonds. The smallest absolute Gasteiger partial charge is 0.337 e. The number of primary amides is 1. The number of anilines is 1. The van der Waals surface area contributed by atoms with Crippen molar-refractivity contribution in [3.8, 4) is 5.75 Å². The van der Waals surface area contributed by atoms with E-state index in [0.717, 1.165) is 16.0 Å². The number of phenolic OH excluding ortho intramolecular Hbond substituents is 1. The van der Waals surface area contributed by atoms with E-state index in [2.05, 4.69) is 10.6 Å².